The molecule has 5 rings (SSSR count). The molecule has 7 heteroatoms. The van der Waals surface area contributed by atoms with E-state index in [1.807, 2.05) is 65.8 Å². The normalized spacial score (nSPS) is 15.0. The average Bonchev–Trinajstić information content (AvgIpc) is 3.46. The number of imidazole rings is 1. The number of hydrogen-bond donors (Lipinski definition) is 1. The van der Waals surface area contributed by atoms with Crippen molar-refractivity contribution in [2.24, 2.45) is 5.10 Å². The van der Waals surface area contributed by atoms with Crippen LogP contribution in [0.25, 0.3) is 5.65 Å². The van der Waals surface area contributed by atoms with Crippen LogP contribution in [0.5, 0.6) is 0 Å². The molecular formula is C24H18N6S. The van der Waals surface area contributed by atoms with Gasteiger partial charge in [-0.2, -0.15) is 10.2 Å². The van der Waals surface area contributed by atoms with Crippen molar-refractivity contribution < 1.29 is 0 Å². The fourth-order valence-electron chi connectivity index (χ4n) is 3.47. The molecule has 1 unspecified atom stereocenters. The summed E-state index contributed by atoms with van der Waals surface area (Å²) in [6.45, 7) is 0. The Bertz CT molecular complexity index is 1330. The SMILES string of the molecule is S=C(Nc1cccc(C#Cc2cnc3cccnn23)c1)N1N=CCC1c1ccccc1. The predicted molar refractivity (Wildman–Crippen MR) is 126 cm³/mol. The van der Waals surface area contributed by atoms with Crippen LogP contribution in [-0.2, 0) is 0 Å². The first-order valence-electron chi connectivity index (χ1n) is 9.86. The number of benzene rings is 2. The lowest BCUT2D eigenvalue weighted by atomic mass is 10.1. The Morgan fingerprint density at radius 3 is 2.84 bits per heavy atom. The number of fused-ring (bicyclic) bond motifs is 1. The highest BCUT2D eigenvalue weighted by molar-refractivity contribution is 7.80. The first-order valence-corrected chi connectivity index (χ1v) is 10.3. The second-order valence-corrected chi connectivity index (χ2v) is 7.39. The van der Waals surface area contributed by atoms with E-state index in [0.29, 0.717) is 5.11 Å². The van der Waals surface area contributed by atoms with Gasteiger partial charge in [-0.15, -0.1) is 0 Å². The minimum atomic E-state index is 0.104. The van der Waals surface area contributed by atoms with E-state index in [9.17, 15) is 0 Å². The van der Waals surface area contributed by atoms with Crippen molar-refractivity contribution in [3.05, 3.63) is 95.9 Å². The smallest absolute Gasteiger partial charge is 0.194 e. The number of nitrogens with one attached hydrogen (secondary N) is 1. The summed E-state index contributed by atoms with van der Waals surface area (Å²) in [4.78, 5) is 4.31. The van der Waals surface area contributed by atoms with Crippen LogP contribution in [0, 0.1) is 11.8 Å². The second-order valence-electron chi connectivity index (χ2n) is 7.00. The maximum atomic E-state index is 5.64. The third-order valence-electron chi connectivity index (χ3n) is 4.95. The summed E-state index contributed by atoms with van der Waals surface area (Å²) in [6, 6.07) is 22.0. The summed E-state index contributed by atoms with van der Waals surface area (Å²) in [5, 5.41) is 14.5. The zero-order chi connectivity index (χ0) is 21.0. The van der Waals surface area contributed by atoms with Crippen molar-refractivity contribution >= 4 is 34.9 Å². The van der Waals surface area contributed by atoms with E-state index in [-0.39, 0.29) is 6.04 Å². The van der Waals surface area contributed by atoms with E-state index in [2.05, 4.69) is 44.5 Å². The minimum absolute atomic E-state index is 0.104. The summed E-state index contributed by atoms with van der Waals surface area (Å²) >= 11 is 5.64. The van der Waals surface area contributed by atoms with Crippen LogP contribution >= 0.6 is 12.2 Å². The van der Waals surface area contributed by atoms with Gasteiger partial charge in [-0.3, -0.25) is 0 Å². The van der Waals surface area contributed by atoms with Gasteiger partial charge in [0.05, 0.1) is 12.2 Å². The van der Waals surface area contributed by atoms with Gasteiger partial charge in [-0.05, 0) is 54.0 Å². The first kappa shape index (κ1) is 19.0. The molecule has 6 nitrogen and oxygen atoms in total. The van der Waals surface area contributed by atoms with E-state index in [0.717, 1.165) is 29.0 Å². The fourth-order valence-corrected chi connectivity index (χ4v) is 3.76. The Labute approximate surface area is 185 Å². The largest absolute Gasteiger partial charge is 0.331 e. The Morgan fingerprint density at radius 1 is 1.03 bits per heavy atom. The van der Waals surface area contributed by atoms with Gasteiger partial charge in [0.15, 0.2) is 10.8 Å². The van der Waals surface area contributed by atoms with Gasteiger partial charge in [0.2, 0.25) is 0 Å². The summed E-state index contributed by atoms with van der Waals surface area (Å²) < 4.78 is 1.72. The zero-order valence-electron chi connectivity index (χ0n) is 16.5. The molecule has 2 aromatic heterocycles. The standard InChI is InChI=1S/C24H18N6S/c31-24(30-22(13-15-27-30)19-7-2-1-3-8-19)28-20-9-4-6-18(16-20)11-12-21-17-25-23-10-5-14-26-29(21)23/h1-10,14-17,22H,13H2,(H,28,31). The van der Waals surface area contributed by atoms with Gasteiger partial charge in [-0.1, -0.05) is 42.3 Å². The quantitative estimate of drug-likeness (QED) is 0.386. The summed E-state index contributed by atoms with van der Waals surface area (Å²) in [5.74, 6) is 6.32. The molecule has 4 aromatic rings. The molecular weight excluding hydrogens is 404 g/mol. The lowest BCUT2D eigenvalue weighted by molar-refractivity contribution is 0.375. The van der Waals surface area contributed by atoms with Gasteiger partial charge in [0, 0.05) is 30.1 Å². The van der Waals surface area contributed by atoms with E-state index >= 15 is 0 Å². The number of anilines is 1. The molecule has 0 bridgehead atoms. The number of nitrogens with zero attached hydrogens (tertiary/aromatic N) is 5. The first-order chi connectivity index (χ1) is 15.3. The van der Waals surface area contributed by atoms with E-state index < -0.39 is 0 Å². The van der Waals surface area contributed by atoms with Crippen molar-refractivity contribution in [3.63, 3.8) is 0 Å². The Hall–Kier alpha value is -4.02. The van der Waals surface area contributed by atoms with Gasteiger partial charge in [0.25, 0.3) is 0 Å². The molecule has 3 heterocycles. The molecule has 1 N–H and O–H groups in total. The van der Waals surface area contributed by atoms with Crippen LogP contribution in [0.4, 0.5) is 5.69 Å². The number of hydrogen-bond acceptors (Lipinski definition) is 4. The van der Waals surface area contributed by atoms with Crippen LogP contribution in [0.15, 0.2) is 84.2 Å². The summed E-state index contributed by atoms with van der Waals surface area (Å²) in [6.07, 6.45) is 6.17. The number of aromatic nitrogens is 3. The molecule has 150 valence electrons. The van der Waals surface area contributed by atoms with Gasteiger partial charge in [-0.25, -0.2) is 14.5 Å². The fraction of sp³-hybridized carbons (Fsp3) is 0.0833. The second kappa shape index (κ2) is 8.38. The molecule has 1 aliphatic heterocycles. The van der Waals surface area contributed by atoms with Gasteiger partial charge >= 0.3 is 0 Å². The summed E-state index contributed by atoms with van der Waals surface area (Å²) in [5.41, 5.74) is 4.42. The number of hydrazone groups is 1. The van der Waals surface area contributed by atoms with Crippen LogP contribution in [0.1, 0.15) is 29.3 Å². The molecule has 0 radical (unpaired) electrons. The molecule has 0 spiro atoms. The van der Waals surface area contributed by atoms with Gasteiger partial charge < -0.3 is 5.32 Å². The third-order valence-corrected chi connectivity index (χ3v) is 5.24. The minimum Gasteiger partial charge on any atom is -0.331 e. The van der Waals surface area contributed by atoms with E-state index in [4.69, 9.17) is 12.2 Å². The highest BCUT2D eigenvalue weighted by atomic mass is 32.1. The Morgan fingerprint density at radius 2 is 1.94 bits per heavy atom. The van der Waals surface area contributed by atoms with Crippen molar-refractivity contribution in [3.8, 4) is 11.8 Å². The molecule has 0 amide bonds. The monoisotopic (exact) mass is 422 g/mol. The summed E-state index contributed by atoms with van der Waals surface area (Å²) in [7, 11) is 0. The third kappa shape index (κ3) is 4.02. The molecule has 1 aliphatic rings. The van der Waals surface area contributed by atoms with Crippen molar-refractivity contribution in [1.82, 2.24) is 19.6 Å². The molecule has 0 aliphatic carbocycles. The van der Waals surface area contributed by atoms with Crippen molar-refractivity contribution in [2.75, 3.05) is 5.32 Å². The maximum absolute atomic E-state index is 5.64. The lowest BCUT2D eigenvalue weighted by Crippen LogP contribution is -2.31. The topological polar surface area (TPSA) is 57.8 Å². The molecule has 0 saturated heterocycles. The molecule has 2 aromatic carbocycles. The van der Waals surface area contributed by atoms with Crippen molar-refractivity contribution in [1.29, 1.82) is 0 Å². The van der Waals surface area contributed by atoms with Crippen LogP contribution < -0.4 is 5.32 Å². The maximum Gasteiger partial charge on any atom is 0.194 e. The average molecular weight is 423 g/mol. The van der Waals surface area contributed by atoms with Crippen LogP contribution in [0.2, 0.25) is 0 Å². The molecule has 0 saturated carbocycles. The molecule has 1 atom stereocenters. The predicted octanol–water partition coefficient (Wildman–Crippen LogP) is 4.26. The Balaban J connectivity index is 1.33. The lowest BCUT2D eigenvalue weighted by Gasteiger charge is -2.25. The Kier molecular flexibility index (Phi) is 5.13. The van der Waals surface area contributed by atoms with Crippen LogP contribution in [0.3, 0.4) is 0 Å². The highest BCUT2D eigenvalue weighted by Crippen LogP contribution is 2.28. The van der Waals surface area contributed by atoms with E-state index in [1.165, 1.54) is 5.56 Å². The van der Waals surface area contributed by atoms with Crippen molar-refractivity contribution in [2.45, 2.75) is 12.5 Å². The van der Waals surface area contributed by atoms with Crippen LogP contribution in [-0.4, -0.2) is 30.9 Å². The number of thiocarbonyl (C=S) groups is 1. The zero-order valence-corrected chi connectivity index (χ0v) is 17.3. The van der Waals surface area contributed by atoms with Gasteiger partial charge in [0.1, 0.15) is 5.69 Å². The molecule has 0 fully saturated rings. The number of rotatable bonds is 2. The highest BCUT2D eigenvalue weighted by Gasteiger charge is 2.25. The molecule has 31 heavy (non-hydrogen) atoms. The van der Waals surface area contributed by atoms with E-state index in [1.54, 1.807) is 16.9 Å².